The average molecular weight is 489 g/mol. The van der Waals surface area contributed by atoms with E-state index in [9.17, 15) is 9.90 Å². The first kappa shape index (κ1) is 24.9. The third kappa shape index (κ3) is 5.60. The van der Waals surface area contributed by atoms with Crippen LogP contribution in [-0.2, 0) is 6.61 Å². The van der Waals surface area contributed by atoms with E-state index in [2.05, 4.69) is 6.07 Å². The third-order valence-electron chi connectivity index (χ3n) is 4.83. The van der Waals surface area contributed by atoms with Gasteiger partial charge in [-0.05, 0) is 59.2 Å². The van der Waals surface area contributed by atoms with Crippen molar-refractivity contribution in [3.8, 4) is 27.3 Å². The summed E-state index contributed by atoms with van der Waals surface area (Å²) in [5, 5.41) is 13.6. The van der Waals surface area contributed by atoms with Crippen LogP contribution in [0.1, 0.15) is 15.9 Å². The van der Waals surface area contributed by atoms with Crippen molar-refractivity contribution >= 4 is 40.7 Å². The molecule has 0 spiro atoms. The topological polar surface area (TPSA) is 49.4 Å². The number of ether oxygens (including phenoxy) is 1. The number of rotatable bonds is 7. The summed E-state index contributed by atoms with van der Waals surface area (Å²) >= 11 is 9.23. The van der Waals surface area contributed by atoms with Crippen LogP contribution in [0.4, 0.5) is 0 Å². The third-order valence-corrected chi connectivity index (χ3v) is 6.85. The van der Waals surface area contributed by atoms with E-state index in [0.717, 1.165) is 37.8 Å². The monoisotopic (exact) mass is 488 g/mol. The minimum absolute atomic E-state index is 0. The number of hydrogen-bond acceptors (Lipinski definition) is 5. The molecule has 0 atom stereocenters. The zero-order valence-electron chi connectivity index (χ0n) is 17.6. The average Bonchev–Trinajstić information content (AvgIpc) is 3.28. The van der Waals surface area contributed by atoms with Crippen molar-refractivity contribution in [1.29, 1.82) is 0 Å². The molecular formula is C25H18ClNaO3S2. The maximum atomic E-state index is 11.4. The first-order valence-corrected chi connectivity index (χ1v) is 12.0. The van der Waals surface area contributed by atoms with Gasteiger partial charge in [0, 0.05) is 31.5 Å². The Hall–Kier alpha value is -1.73. The Bertz CT molecular complexity index is 1230. The molecule has 32 heavy (non-hydrogen) atoms. The van der Waals surface area contributed by atoms with Crippen LogP contribution < -0.4 is 39.4 Å². The fourth-order valence-corrected chi connectivity index (χ4v) is 4.82. The van der Waals surface area contributed by atoms with Gasteiger partial charge >= 0.3 is 29.6 Å². The van der Waals surface area contributed by atoms with Gasteiger partial charge in [-0.1, -0.05) is 48.0 Å². The van der Waals surface area contributed by atoms with Crippen molar-refractivity contribution in [3.05, 3.63) is 94.3 Å². The smallest absolute Gasteiger partial charge is 0.545 e. The molecular weight excluding hydrogens is 471 g/mol. The number of carbonyl (C=O) groups is 1. The number of halogens is 1. The molecule has 1 heterocycles. The molecule has 0 aliphatic carbocycles. The van der Waals surface area contributed by atoms with Gasteiger partial charge in [0.15, 0.2) is 0 Å². The Labute approximate surface area is 222 Å². The number of hydrogen-bond donors (Lipinski definition) is 0. The van der Waals surface area contributed by atoms with Gasteiger partial charge in [0.1, 0.15) is 12.4 Å². The van der Waals surface area contributed by atoms with Crippen LogP contribution in [0, 0.1) is 0 Å². The summed E-state index contributed by atoms with van der Waals surface area (Å²) in [5.74, 6) is -0.517. The van der Waals surface area contributed by atoms with Gasteiger partial charge in [0.05, 0.1) is 5.97 Å². The summed E-state index contributed by atoms with van der Waals surface area (Å²) in [7, 11) is 0. The van der Waals surface area contributed by atoms with Crippen LogP contribution in [0.3, 0.4) is 0 Å². The summed E-state index contributed by atoms with van der Waals surface area (Å²) < 4.78 is 6.19. The van der Waals surface area contributed by atoms with Crippen molar-refractivity contribution < 1.29 is 44.2 Å². The number of thioether (sulfide) groups is 1. The van der Waals surface area contributed by atoms with Crippen LogP contribution in [-0.4, -0.2) is 12.2 Å². The number of thiophene rings is 1. The van der Waals surface area contributed by atoms with Crippen molar-refractivity contribution in [2.45, 2.75) is 11.5 Å². The predicted octanol–water partition coefficient (Wildman–Crippen LogP) is 3.40. The van der Waals surface area contributed by atoms with E-state index in [-0.39, 0.29) is 40.1 Å². The van der Waals surface area contributed by atoms with E-state index in [0.29, 0.717) is 6.61 Å². The molecule has 0 saturated carbocycles. The molecule has 4 rings (SSSR count). The second kappa shape index (κ2) is 11.4. The summed E-state index contributed by atoms with van der Waals surface area (Å²) in [6.07, 6.45) is 2.03. The fourth-order valence-electron chi connectivity index (χ4n) is 3.28. The second-order valence-corrected chi connectivity index (χ2v) is 8.98. The van der Waals surface area contributed by atoms with Crippen LogP contribution in [0.5, 0.6) is 5.75 Å². The molecule has 0 aliphatic heterocycles. The number of aromatic carboxylic acids is 1. The predicted molar refractivity (Wildman–Crippen MR) is 127 cm³/mol. The normalized spacial score (nSPS) is 10.4. The van der Waals surface area contributed by atoms with E-state index in [1.165, 1.54) is 0 Å². The Kier molecular flexibility index (Phi) is 8.88. The van der Waals surface area contributed by atoms with E-state index in [1.807, 2.05) is 66.2 Å². The van der Waals surface area contributed by atoms with Gasteiger partial charge in [0.2, 0.25) is 0 Å². The Morgan fingerprint density at radius 1 is 1.03 bits per heavy atom. The largest absolute Gasteiger partial charge is 1.00 e. The first-order chi connectivity index (χ1) is 15.1. The fraction of sp³-hybridized carbons (Fsp3) is 0.0800. The molecule has 0 amide bonds. The van der Waals surface area contributed by atoms with Crippen molar-refractivity contribution in [3.63, 3.8) is 0 Å². The summed E-state index contributed by atoms with van der Waals surface area (Å²) in [4.78, 5) is 13.5. The second-order valence-electron chi connectivity index (χ2n) is 6.78. The molecule has 0 unspecified atom stereocenters. The first-order valence-electron chi connectivity index (χ1n) is 9.50. The van der Waals surface area contributed by atoms with Gasteiger partial charge in [-0.3, -0.25) is 0 Å². The molecule has 3 nitrogen and oxygen atoms in total. The van der Waals surface area contributed by atoms with E-state index in [1.54, 1.807) is 35.2 Å². The van der Waals surface area contributed by atoms with Gasteiger partial charge in [-0.2, -0.15) is 0 Å². The van der Waals surface area contributed by atoms with Crippen molar-refractivity contribution in [2.75, 3.05) is 6.26 Å². The van der Waals surface area contributed by atoms with Crippen LogP contribution in [0.2, 0.25) is 5.02 Å². The molecule has 0 fully saturated rings. The zero-order valence-corrected chi connectivity index (χ0v) is 22.0. The van der Waals surface area contributed by atoms with Gasteiger partial charge in [-0.25, -0.2) is 0 Å². The molecule has 1 aromatic heterocycles. The molecule has 0 aliphatic rings. The van der Waals surface area contributed by atoms with E-state index >= 15 is 0 Å². The standard InChI is InChI=1S/C25H19ClO3S2.Na/c1-30-18-8-10-23(29-15-16-5-3-2-4-6-16)20(14-18)19-11-12-31-24(19)17-7-9-22(26)21(13-17)25(27)28;/h2-14H,15H2,1H3,(H,27,28);/q;+1/p-1. The minimum atomic E-state index is -1.29. The molecule has 0 N–H and O–H groups in total. The molecule has 4 aromatic rings. The Morgan fingerprint density at radius 3 is 2.53 bits per heavy atom. The molecule has 0 saturated heterocycles. The van der Waals surface area contributed by atoms with Gasteiger partial charge < -0.3 is 14.6 Å². The number of carboxylic acid groups (broad SMARTS) is 1. The Morgan fingerprint density at radius 2 is 1.81 bits per heavy atom. The van der Waals surface area contributed by atoms with Gasteiger partial charge in [-0.15, -0.1) is 23.1 Å². The summed E-state index contributed by atoms with van der Waals surface area (Å²) in [5.41, 5.74) is 3.79. The maximum Gasteiger partial charge on any atom is 1.00 e. The number of carboxylic acids is 1. The maximum absolute atomic E-state index is 11.4. The van der Waals surface area contributed by atoms with E-state index < -0.39 is 5.97 Å². The quantitative estimate of drug-likeness (QED) is 0.295. The Balaban J connectivity index is 0.00000289. The number of carbonyl (C=O) groups excluding carboxylic acids is 1. The summed E-state index contributed by atoms with van der Waals surface area (Å²) in [6, 6.07) is 23.2. The minimum Gasteiger partial charge on any atom is -0.545 e. The van der Waals surface area contributed by atoms with Crippen LogP contribution in [0.15, 0.2) is 83.1 Å². The molecule has 0 bridgehead atoms. The zero-order chi connectivity index (χ0) is 21.8. The summed E-state index contributed by atoms with van der Waals surface area (Å²) in [6.45, 7) is 0.460. The van der Waals surface area contributed by atoms with Crippen LogP contribution in [0.25, 0.3) is 21.6 Å². The van der Waals surface area contributed by atoms with Crippen LogP contribution >= 0.6 is 34.7 Å². The SMILES string of the molecule is CSc1ccc(OCc2ccccc2)c(-c2ccsc2-c2ccc(Cl)c(C(=O)[O-])c2)c1.[Na+]. The molecule has 7 heteroatoms. The van der Waals surface area contributed by atoms with Crippen molar-refractivity contribution in [1.82, 2.24) is 0 Å². The molecule has 156 valence electrons. The van der Waals surface area contributed by atoms with Crippen molar-refractivity contribution in [2.24, 2.45) is 0 Å². The molecule has 0 radical (unpaired) electrons. The molecule has 3 aromatic carbocycles. The number of benzene rings is 3. The van der Waals surface area contributed by atoms with E-state index in [4.69, 9.17) is 16.3 Å². The van der Waals surface area contributed by atoms with Gasteiger partial charge in [0.25, 0.3) is 0 Å².